The van der Waals surface area contributed by atoms with Crippen LogP contribution in [0.25, 0.3) is 0 Å². The lowest BCUT2D eigenvalue weighted by Gasteiger charge is -2.05. The molecule has 1 amide bonds. The molecule has 0 saturated heterocycles. The lowest BCUT2D eigenvalue weighted by atomic mass is 10.3. The number of nitrogens with two attached hydrogens (primary N) is 1. The highest BCUT2D eigenvalue weighted by molar-refractivity contribution is 7.09. The van der Waals surface area contributed by atoms with Gasteiger partial charge in [-0.2, -0.15) is 0 Å². The molecular formula is C12H11F2N3OS. The average molecular weight is 283 g/mol. The van der Waals surface area contributed by atoms with Crippen molar-refractivity contribution in [2.75, 3.05) is 11.9 Å². The van der Waals surface area contributed by atoms with E-state index in [4.69, 9.17) is 5.73 Å². The van der Waals surface area contributed by atoms with Crippen LogP contribution < -0.4 is 11.1 Å². The number of anilines is 1. The first-order chi connectivity index (χ1) is 9.11. The van der Waals surface area contributed by atoms with Crippen molar-refractivity contribution in [2.45, 2.75) is 6.42 Å². The van der Waals surface area contributed by atoms with Crippen LogP contribution >= 0.6 is 11.3 Å². The van der Waals surface area contributed by atoms with E-state index in [1.54, 1.807) is 0 Å². The van der Waals surface area contributed by atoms with Gasteiger partial charge in [-0.15, -0.1) is 11.3 Å². The smallest absolute Gasteiger partial charge is 0.275 e. The third kappa shape index (κ3) is 3.12. The highest BCUT2D eigenvalue weighted by atomic mass is 32.1. The summed E-state index contributed by atoms with van der Waals surface area (Å²) in [4.78, 5) is 15.8. The van der Waals surface area contributed by atoms with Crippen LogP contribution in [-0.4, -0.2) is 17.4 Å². The van der Waals surface area contributed by atoms with Gasteiger partial charge in [0.2, 0.25) is 0 Å². The van der Waals surface area contributed by atoms with Gasteiger partial charge < -0.3 is 11.1 Å². The molecule has 1 heterocycles. The number of nitrogens with one attached hydrogen (secondary N) is 1. The Bertz CT molecular complexity index is 580. The molecule has 1 aromatic heterocycles. The van der Waals surface area contributed by atoms with Crippen LogP contribution in [0.4, 0.5) is 14.5 Å². The molecule has 2 aromatic rings. The van der Waals surface area contributed by atoms with Crippen molar-refractivity contribution >= 4 is 22.9 Å². The number of carbonyl (C=O) groups excluding carboxylic acids is 1. The van der Waals surface area contributed by atoms with E-state index in [0.717, 1.165) is 12.1 Å². The fourth-order valence-corrected chi connectivity index (χ4v) is 2.24. The van der Waals surface area contributed by atoms with Crippen molar-refractivity contribution < 1.29 is 13.6 Å². The minimum Gasteiger partial charge on any atom is -0.330 e. The number of para-hydroxylation sites is 1. The second kappa shape index (κ2) is 5.85. The van der Waals surface area contributed by atoms with Crippen molar-refractivity contribution in [3.63, 3.8) is 0 Å². The van der Waals surface area contributed by atoms with E-state index in [0.29, 0.717) is 18.0 Å². The molecule has 4 nitrogen and oxygen atoms in total. The van der Waals surface area contributed by atoms with E-state index >= 15 is 0 Å². The standard InChI is InChI=1S/C12H11F2N3OS/c13-7-2-1-3-8(14)11(7)17-12(18)9-6-19-10(16-9)4-5-15/h1-3,6H,4-5,15H2,(H,17,18). The van der Waals surface area contributed by atoms with Gasteiger partial charge in [0, 0.05) is 11.8 Å². The molecule has 1 aromatic carbocycles. The molecule has 2 rings (SSSR count). The summed E-state index contributed by atoms with van der Waals surface area (Å²) in [6, 6.07) is 3.36. The Hall–Kier alpha value is -1.86. The minimum absolute atomic E-state index is 0.121. The summed E-state index contributed by atoms with van der Waals surface area (Å²) in [7, 11) is 0. The molecule has 0 spiro atoms. The van der Waals surface area contributed by atoms with E-state index in [2.05, 4.69) is 10.3 Å². The van der Waals surface area contributed by atoms with Crippen molar-refractivity contribution in [1.82, 2.24) is 4.98 Å². The molecule has 7 heteroatoms. The summed E-state index contributed by atoms with van der Waals surface area (Å²) in [5.41, 5.74) is 5.03. The molecule has 0 aliphatic carbocycles. The predicted molar refractivity (Wildman–Crippen MR) is 69.2 cm³/mol. The second-order valence-electron chi connectivity index (χ2n) is 3.72. The number of nitrogens with zero attached hydrogens (tertiary/aromatic N) is 1. The highest BCUT2D eigenvalue weighted by Gasteiger charge is 2.15. The van der Waals surface area contributed by atoms with Crippen LogP contribution in [0.2, 0.25) is 0 Å². The van der Waals surface area contributed by atoms with Gasteiger partial charge in [-0.3, -0.25) is 4.79 Å². The number of thiazole rings is 1. The summed E-state index contributed by atoms with van der Waals surface area (Å²) in [5.74, 6) is -2.31. The monoisotopic (exact) mass is 283 g/mol. The van der Waals surface area contributed by atoms with Crippen molar-refractivity contribution in [3.8, 4) is 0 Å². The number of aromatic nitrogens is 1. The van der Waals surface area contributed by atoms with Gasteiger partial charge in [0.25, 0.3) is 5.91 Å². The van der Waals surface area contributed by atoms with Crippen molar-refractivity contribution in [3.05, 3.63) is 45.9 Å². The zero-order chi connectivity index (χ0) is 13.8. The van der Waals surface area contributed by atoms with Gasteiger partial charge in [0.1, 0.15) is 23.0 Å². The summed E-state index contributed by atoms with van der Waals surface area (Å²) in [6.45, 7) is 0.427. The van der Waals surface area contributed by atoms with Crippen LogP contribution in [0.5, 0.6) is 0 Å². The molecule has 0 aliphatic rings. The molecule has 0 unspecified atom stereocenters. The fourth-order valence-electron chi connectivity index (χ4n) is 1.45. The van der Waals surface area contributed by atoms with E-state index in [9.17, 15) is 13.6 Å². The Morgan fingerprint density at radius 3 is 2.68 bits per heavy atom. The molecular weight excluding hydrogens is 272 g/mol. The molecule has 19 heavy (non-hydrogen) atoms. The van der Waals surface area contributed by atoms with Gasteiger partial charge in [0.05, 0.1) is 5.01 Å². The van der Waals surface area contributed by atoms with Crippen molar-refractivity contribution in [1.29, 1.82) is 0 Å². The lowest BCUT2D eigenvalue weighted by molar-refractivity contribution is 0.102. The normalized spacial score (nSPS) is 10.5. The van der Waals surface area contributed by atoms with Gasteiger partial charge in [-0.05, 0) is 18.7 Å². The van der Waals surface area contributed by atoms with Crippen LogP contribution in [0.3, 0.4) is 0 Å². The molecule has 0 bridgehead atoms. The van der Waals surface area contributed by atoms with Crippen LogP contribution in [-0.2, 0) is 6.42 Å². The maximum Gasteiger partial charge on any atom is 0.275 e. The molecule has 0 aliphatic heterocycles. The quantitative estimate of drug-likeness (QED) is 0.903. The topological polar surface area (TPSA) is 68.0 Å². The number of carbonyl (C=O) groups is 1. The highest BCUT2D eigenvalue weighted by Crippen LogP contribution is 2.19. The molecule has 0 saturated carbocycles. The number of rotatable bonds is 4. The van der Waals surface area contributed by atoms with E-state index in [1.807, 2.05) is 0 Å². The van der Waals surface area contributed by atoms with Crippen LogP contribution in [0.15, 0.2) is 23.6 Å². The molecule has 0 atom stereocenters. The van der Waals surface area contributed by atoms with Gasteiger partial charge >= 0.3 is 0 Å². The van der Waals surface area contributed by atoms with Crippen LogP contribution in [0.1, 0.15) is 15.5 Å². The van der Waals surface area contributed by atoms with Gasteiger partial charge in [0.15, 0.2) is 0 Å². The molecule has 0 fully saturated rings. The second-order valence-corrected chi connectivity index (χ2v) is 4.66. The predicted octanol–water partition coefficient (Wildman–Crippen LogP) is 2.17. The largest absolute Gasteiger partial charge is 0.330 e. The SMILES string of the molecule is NCCc1nc(C(=O)Nc2c(F)cccc2F)cs1. The average Bonchev–Trinajstić information content (AvgIpc) is 2.83. The molecule has 3 N–H and O–H groups in total. The first-order valence-electron chi connectivity index (χ1n) is 5.51. The maximum atomic E-state index is 13.4. The third-order valence-corrected chi connectivity index (χ3v) is 3.25. The Balaban J connectivity index is 2.16. The zero-order valence-corrected chi connectivity index (χ0v) is 10.6. The van der Waals surface area contributed by atoms with E-state index < -0.39 is 23.2 Å². The number of hydrogen-bond donors (Lipinski definition) is 2. The zero-order valence-electron chi connectivity index (χ0n) is 9.82. The number of halogens is 2. The summed E-state index contributed by atoms with van der Waals surface area (Å²) < 4.78 is 26.7. The Morgan fingerprint density at radius 1 is 1.37 bits per heavy atom. The Morgan fingerprint density at radius 2 is 2.05 bits per heavy atom. The first-order valence-corrected chi connectivity index (χ1v) is 6.39. The summed E-state index contributed by atoms with van der Waals surface area (Å²) in [6.07, 6.45) is 0.562. The number of amides is 1. The molecule has 100 valence electrons. The lowest BCUT2D eigenvalue weighted by Crippen LogP contribution is -2.15. The van der Waals surface area contributed by atoms with Crippen molar-refractivity contribution in [2.24, 2.45) is 5.73 Å². The number of hydrogen-bond acceptors (Lipinski definition) is 4. The summed E-state index contributed by atoms with van der Waals surface area (Å²) >= 11 is 1.28. The third-order valence-electron chi connectivity index (χ3n) is 2.34. The van der Waals surface area contributed by atoms with E-state index in [-0.39, 0.29) is 5.69 Å². The Kier molecular flexibility index (Phi) is 4.18. The first kappa shape index (κ1) is 13.6. The minimum atomic E-state index is -0.828. The van der Waals surface area contributed by atoms with E-state index in [1.165, 1.54) is 22.8 Å². The molecule has 0 radical (unpaired) electrons. The maximum absolute atomic E-state index is 13.4. The Labute approximate surface area is 112 Å². The van der Waals surface area contributed by atoms with Gasteiger partial charge in [-0.25, -0.2) is 13.8 Å². The van der Waals surface area contributed by atoms with Crippen LogP contribution in [0, 0.1) is 11.6 Å². The summed E-state index contributed by atoms with van der Waals surface area (Å²) in [5, 5.41) is 4.41. The van der Waals surface area contributed by atoms with Gasteiger partial charge in [-0.1, -0.05) is 6.07 Å². The fraction of sp³-hybridized carbons (Fsp3) is 0.167. The number of benzene rings is 1.